The molecule has 192 valence electrons. The summed E-state index contributed by atoms with van der Waals surface area (Å²) in [7, 11) is -3.80. The van der Waals surface area contributed by atoms with Gasteiger partial charge in [-0.25, -0.2) is 8.42 Å². The minimum Gasteiger partial charge on any atom is -0.352 e. The topological polar surface area (TPSA) is 86.8 Å². The summed E-state index contributed by atoms with van der Waals surface area (Å²) in [4.78, 5) is 28.1. The molecule has 0 aliphatic carbocycles. The molecule has 0 fully saturated rings. The Morgan fingerprint density at radius 3 is 2.29 bits per heavy atom. The number of anilines is 1. The first kappa shape index (κ1) is 29.4. The van der Waals surface area contributed by atoms with E-state index < -0.39 is 28.5 Å². The van der Waals surface area contributed by atoms with Gasteiger partial charge in [-0.15, -0.1) is 0 Å². The minimum absolute atomic E-state index is 0.0538. The number of hydrogen-bond acceptors (Lipinski definition) is 4. The maximum absolute atomic E-state index is 13.6. The maximum Gasteiger partial charge on any atom is 0.244 e. The fraction of sp³-hybridized carbons (Fsp3) is 0.417. The van der Waals surface area contributed by atoms with Crippen LogP contribution in [0.3, 0.4) is 0 Å². The Labute approximate surface area is 225 Å². The van der Waals surface area contributed by atoms with Crippen LogP contribution >= 0.6 is 39.1 Å². The van der Waals surface area contributed by atoms with Crippen LogP contribution in [0.2, 0.25) is 10.0 Å². The van der Waals surface area contributed by atoms with E-state index in [0.717, 1.165) is 17.0 Å². The lowest BCUT2D eigenvalue weighted by Gasteiger charge is -2.33. The summed E-state index contributed by atoms with van der Waals surface area (Å²) < 4.78 is 27.0. The summed E-state index contributed by atoms with van der Waals surface area (Å²) in [6, 6.07) is 10.7. The van der Waals surface area contributed by atoms with Crippen LogP contribution in [-0.2, 0) is 26.2 Å². The molecule has 0 aliphatic rings. The summed E-state index contributed by atoms with van der Waals surface area (Å²) in [5.41, 5.74) is 0.998. The summed E-state index contributed by atoms with van der Waals surface area (Å²) in [5.74, 6) is -0.823. The lowest BCUT2D eigenvalue weighted by molar-refractivity contribution is -0.140. The number of nitrogens with zero attached hydrogens (tertiary/aromatic N) is 2. The molecule has 0 saturated heterocycles. The molecular weight excluding hydrogens is 577 g/mol. The molecule has 2 amide bonds. The van der Waals surface area contributed by atoms with E-state index in [0.29, 0.717) is 32.2 Å². The molecule has 2 atom stereocenters. The molecule has 11 heteroatoms. The van der Waals surface area contributed by atoms with Crippen LogP contribution in [0.25, 0.3) is 0 Å². The largest absolute Gasteiger partial charge is 0.352 e. The molecule has 0 aromatic heterocycles. The lowest BCUT2D eigenvalue weighted by Crippen LogP contribution is -2.53. The molecule has 1 N–H and O–H groups in total. The van der Waals surface area contributed by atoms with Gasteiger partial charge in [0, 0.05) is 17.1 Å². The van der Waals surface area contributed by atoms with Gasteiger partial charge in [0.05, 0.1) is 22.0 Å². The molecule has 0 unspecified atom stereocenters. The molecule has 0 bridgehead atoms. The van der Waals surface area contributed by atoms with Crippen LogP contribution in [-0.4, -0.2) is 50.0 Å². The Morgan fingerprint density at radius 2 is 1.74 bits per heavy atom. The first-order valence-electron chi connectivity index (χ1n) is 11.1. The predicted octanol–water partition coefficient (Wildman–Crippen LogP) is 5.24. The quantitative estimate of drug-likeness (QED) is 0.379. The smallest absolute Gasteiger partial charge is 0.244 e. The van der Waals surface area contributed by atoms with E-state index in [1.807, 2.05) is 13.8 Å². The van der Waals surface area contributed by atoms with Crippen LogP contribution < -0.4 is 9.62 Å². The molecule has 0 aliphatic heterocycles. The molecule has 2 aromatic rings. The average Bonchev–Trinajstić information content (AvgIpc) is 2.78. The fourth-order valence-electron chi connectivity index (χ4n) is 3.44. The number of benzene rings is 2. The Hall–Kier alpha value is -1.81. The molecule has 0 spiro atoms. The molecule has 0 saturated carbocycles. The van der Waals surface area contributed by atoms with E-state index in [1.165, 1.54) is 4.90 Å². The van der Waals surface area contributed by atoms with E-state index in [-0.39, 0.29) is 18.5 Å². The second-order valence-electron chi connectivity index (χ2n) is 8.26. The van der Waals surface area contributed by atoms with Crippen molar-refractivity contribution in [1.29, 1.82) is 0 Å². The molecule has 2 aromatic carbocycles. The van der Waals surface area contributed by atoms with Crippen molar-refractivity contribution in [1.82, 2.24) is 10.2 Å². The fourth-order valence-corrected chi connectivity index (χ4v) is 4.99. The van der Waals surface area contributed by atoms with E-state index >= 15 is 0 Å². The molecule has 7 nitrogen and oxygen atoms in total. The van der Waals surface area contributed by atoms with Gasteiger partial charge in [-0.05, 0) is 55.7 Å². The molecular formula is C24H30BrCl2N3O4S. The molecule has 0 heterocycles. The highest BCUT2D eigenvalue weighted by atomic mass is 79.9. The van der Waals surface area contributed by atoms with Crippen LogP contribution in [0.5, 0.6) is 0 Å². The Balaban J connectivity index is 2.46. The predicted molar refractivity (Wildman–Crippen MR) is 145 cm³/mol. The Kier molecular flexibility index (Phi) is 10.9. The number of sulfonamides is 1. The summed E-state index contributed by atoms with van der Waals surface area (Å²) in [6.07, 6.45) is 2.11. The van der Waals surface area contributed by atoms with E-state index in [9.17, 15) is 18.0 Å². The van der Waals surface area contributed by atoms with Gasteiger partial charge >= 0.3 is 0 Å². The monoisotopic (exact) mass is 605 g/mol. The van der Waals surface area contributed by atoms with E-state index in [1.54, 1.807) is 49.4 Å². The van der Waals surface area contributed by atoms with E-state index in [4.69, 9.17) is 23.2 Å². The number of nitrogens with one attached hydrogen (secondary N) is 1. The van der Waals surface area contributed by atoms with Crippen molar-refractivity contribution in [2.75, 3.05) is 17.1 Å². The van der Waals surface area contributed by atoms with Crippen molar-refractivity contribution in [2.45, 2.75) is 52.2 Å². The SMILES string of the molecule is CC[C@H](C(=O)N[C@@H](C)CC)N(Cc1ccc(Cl)c(Cl)c1)C(=O)CN(c1cccc(Br)c1)S(C)(=O)=O. The van der Waals surface area contributed by atoms with Gasteiger partial charge in [0.2, 0.25) is 21.8 Å². The summed E-state index contributed by atoms with van der Waals surface area (Å²) in [6.45, 7) is 5.22. The zero-order chi connectivity index (χ0) is 26.3. The Morgan fingerprint density at radius 1 is 1.06 bits per heavy atom. The number of carbonyl (C=O) groups excluding carboxylic acids is 2. The highest BCUT2D eigenvalue weighted by molar-refractivity contribution is 9.10. The van der Waals surface area contributed by atoms with Gasteiger partial charge in [-0.1, -0.05) is 65.1 Å². The van der Waals surface area contributed by atoms with Gasteiger partial charge in [-0.2, -0.15) is 0 Å². The highest BCUT2D eigenvalue weighted by Crippen LogP contribution is 2.25. The van der Waals surface area contributed by atoms with Crippen LogP contribution in [0.4, 0.5) is 5.69 Å². The third-order valence-corrected chi connectivity index (χ3v) is 7.87. The number of carbonyl (C=O) groups is 2. The minimum atomic E-state index is -3.80. The van der Waals surface area contributed by atoms with Gasteiger partial charge in [0.25, 0.3) is 0 Å². The van der Waals surface area contributed by atoms with E-state index in [2.05, 4.69) is 21.2 Å². The molecule has 2 rings (SSSR count). The number of amides is 2. The van der Waals surface area contributed by atoms with Crippen LogP contribution in [0, 0.1) is 0 Å². The number of halogens is 3. The van der Waals surface area contributed by atoms with Crippen LogP contribution in [0.15, 0.2) is 46.9 Å². The van der Waals surface area contributed by atoms with Crippen molar-refractivity contribution >= 4 is 66.7 Å². The maximum atomic E-state index is 13.6. The van der Waals surface area contributed by atoms with Gasteiger partial charge in [0.15, 0.2) is 0 Å². The van der Waals surface area contributed by atoms with Gasteiger partial charge < -0.3 is 10.2 Å². The molecule has 0 radical (unpaired) electrons. The Bertz CT molecular complexity index is 1160. The normalized spacial score (nSPS) is 13.1. The van der Waals surface area contributed by atoms with Crippen molar-refractivity contribution in [3.05, 3.63) is 62.5 Å². The zero-order valence-corrected chi connectivity index (χ0v) is 24.0. The summed E-state index contributed by atoms with van der Waals surface area (Å²) >= 11 is 15.6. The van der Waals surface area contributed by atoms with Crippen molar-refractivity contribution in [3.63, 3.8) is 0 Å². The second-order valence-corrected chi connectivity index (χ2v) is 11.9. The van der Waals surface area contributed by atoms with Gasteiger partial charge in [0.1, 0.15) is 12.6 Å². The van der Waals surface area contributed by atoms with Crippen molar-refractivity contribution < 1.29 is 18.0 Å². The summed E-state index contributed by atoms with van der Waals surface area (Å²) in [5, 5.41) is 3.62. The third-order valence-electron chi connectivity index (χ3n) is 5.50. The lowest BCUT2D eigenvalue weighted by atomic mass is 10.1. The van der Waals surface area contributed by atoms with Crippen LogP contribution in [0.1, 0.15) is 39.2 Å². The zero-order valence-electron chi connectivity index (χ0n) is 20.1. The standard InChI is InChI=1S/C24H30BrCl2N3O4S/c1-5-16(3)28-24(32)22(6-2)29(14-17-10-11-20(26)21(27)12-17)23(31)15-30(35(4,33)34)19-9-7-8-18(25)13-19/h7-13,16,22H,5-6,14-15H2,1-4H3,(H,28,32)/t16-,22+/m0/s1. The third kappa shape index (κ3) is 8.37. The average molecular weight is 607 g/mol. The number of hydrogen-bond donors (Lipinski definition) is 1. The molecule has 35 heavy (non-hydrogen) atoms. The van der Waals surface area contributed by atoms with Crippen molar-refractivity contribution in [3.8, 4) is 0 Å². The van der Waals surface area contributed by atoms with Gasteiger partial charge in [-0.3, -0.25) is 13.9 Å². The number of rotatable bonds is 11. The highest BCUT2D eigenvalue weighted by Gasteiger charge is 2.32. The first-order valence-corrected chi connectivity index (χ1v) is 14.5. The second kappa shape index (κ2) is 12.9. The first-order chi connectivity index (χ1) is 16.4. The van der Waals surface area contributed by atoms with Crippen molar-refractivity contribution in [2.24, 2.45) is 0 Å².